The van der Waals surface area contributed by atoms with Crippen LogP contribution >= 0.6 is 0 Å². The topological polar surface area (TPSA) is 76.1 Å². The Morgan fingerprint density at radius 1 is 1.09 bits per heavy atom. The van der Waals surface area contributed by atoms with Crippen molar-refractivity contribution in [2.75, 3.05) is 26.9 Å². The highest BCUT2D eigenvalue weighted by Crippen LogP contribution is 2.39. The van der Waals surface area contributed by atoms with E-state index in [-0.39, 0.29) is 17.9 Å². The summed E-state index contributed by atoms with van der Waals surface area (Å²) in [5, 5.41) is 11.0. The zero-order chi connectivity index (χ0) is 23.3. The molecule has 2 aromatic rings. The molecule has 1 unspecified atom stereocenters. The van der Waals surface area contributed by atoms with Gasteiger partial charge in [0.25, 0.3) is 11.7 Å². The molecule has 1 saturated heterocycles. The normalized spacial score (nSPS) is 17.9. The number of hydrogen-bond donors (Lipinski definition) is 1. The summed E-state index contributed by atoms with van der Waals surface area (Å²) in [6.07, 6.45) is 0.517. The first-order valence-corrected chi connectivity index (χ1v) is 10.6. The van der Waals surface area contributed by atoms with E-state index in [1.54, 1.807) is 31.4 Å². The predicted octanol–water partition coefficient (Wildman–Crippen LogP) is 4.32. The number of ether oxygens (including phenoxy) is 2. The van der Waals surface area contributed by atoms with Crippen molar-refractivity contribution in [2.24, 2.45) is 5.92 Å². The Hall–Kier alpha value is -3.19. The molecule has 1 heterocycles. The zero-order valence-electron chi connectivity index (χ0n) is 18.5. The molecule has 0 radical (unpaired) electrons. The molecule has 6 nitrogen and oxygen atoms in total. The average Bonchev–Trinajstić information content (AvgIpc) is 3.03. The highest BCUT2D eigenvalue weighted by Gasteiger charge is 2.45. The molecule has 0 aromatic heterocycles. The lowest BCUT2D eigenvalue weighted by Gasteiger charge is -2.25. The number of nitrogens with zero attached hydrogens (tertiary/aromatic N) is 1. The molecule has 1 aliphatic rings. The van der Waals surface area contributed by atoms with Gasteiger partial charge >= 0.3 is 0 Å². The molecule has 3 rings (SSSR count). The van der Waals surface area contributed by atoms with Crippen LogP contribution in [0, 0.1) is 11.7 Å². The van der Waals surface area contributed by atoms with E-state index >= 15 is 0 Å². The van der Waals surface area contributed by atoms with E-state index in [9.17, 15) is 19.1 Å². The number of carbonyl (C=O) groups is 2. The van der Waals surface area contributed by atoms with Crippen LogP contribution in [0.25, 0.3) is 5.76 Å². The predicted molar refractivity (Wildman–Crippen MR) is 119 cm³/mol. The van der Waals surface area contributed by atoms with E-state index in [1.165, 1.54) is 29.2 Å². The summed E-state index contributed by atoms with van der Waals surface area (Å²) in [7, 11) is 1.56. The molecule has 1 aliphatic heterocycles. The van der Waals surface area contributed by atoms with Gasteiger partial charge in [-0.2, -0.15) is 0 Å². The van der Waals surface area contributed by atoms with E-state index in [1.807, 2.05) is 13.8 Å². The van der Waals surface area contributed by atoms with Gasteiger partial charge in [-0.3, -0.25) is 9.59 Å². The largest absolute Gasteiger partial charge is 0.507 e. The van der Waals surface area contributed by atoms with Crippen LogP contribution < -0.4 is 4.74 Å². The van der Waals surface area contributed by atoms with Gasteiger partial charge in [0.1, 0.15) is 17.3 Å². The maximum atomic E-state index is 13.5. The molecule has 0 spiro atoms. The van der Waals surface area contributed by atoms with E-state index in [0.29, 0.717) is 42.4 Å². The Bertz CT molecular complexity index is 982. The summed E-state index contributed by atoms with van der Waals surface area (Å²) in [4.78, 5) is 27.1. The fraction of sp³-hybridized carbons (Fsp3) is 0.360. The minimum absolute atomic E-state index is 0.0186. The number of carbonyl (C=O) groups excluding carboxylic acids is 2. The summed E-state index contributed by atoms with van der Waals surface area (Å²) in [5.74, 6) is -1.16. The molecule has 170 valence electrons. The molecule has 1 N–H and O–H groups in total. The molecule has 0 bridgehead atoms. The third-order valence-corrected chi connectivity index (χ3v) is 5.18. The number of aliphatic hydroxyl groups excluding tert-OH is 1. The van der Waals surface area contributed by atoms with E-state index in [0.717, 1.165) is 0 Å². The Balaban J connectivity index is 2.00. The van der Waals surface area contributed by atoms with Gasteiger partial charge in [-0.1, -0.05) is 26.0 Å². The highest BCUT2D eigenvalue weighted by molar-refractivity contribution is 6.46. The van der Waals surface area contributed by atoms with Crippen molar-refractivity contribution >= 4 is 17.4 Å². The lowest BCUT2D eigenvalue weighted by Crippen LogP contribution is -2.31. The van der Waals surface area contributed by atoms with E-state index < -0.39 is 23.5 Å². The average molecular weight is 441 g/mol. The van der Waals surface area contributed by atoms with Crippen molar-refractivity contribution in [1.29, 1.82) is 0 Å². The maximum Gasteiger partial charge on any atom is 0.295 e. The second-order valence-corrected chi connectivity index (χ2v) is 8.12. The SMILES string of the molecule is COCCCN1C(=O)C(=O)/C(=C(/O)c2ccc(OCC(C)C)cc2)C1c1ccc(F)cc1. The van der Waals surface area contributed by atoms with Gasteiger partial charge in [-0.25, -0.2) is 4.39 Å². The number of aliphatic hydroxyl groups is 1. The highest BCUT2D eigenvalue weighted by atomic mass is 19.1. The second kappa shape index (κ2) is 10.4. The monoisotopic (exact) mass is 441 g/mol. The Kier molecular flexibility index (Phi) is 7.64. The van der Waals surface area contributed by atoms with Crippen LogP contribution in [-0.2, 0) is 14.3 Å². The number of rotatable bonds is 9. The van der Waals surface area contributed by atoms with Crippen LogP contribution in [-0.4, -0.2) is 48.6 Å². The molecule has 32 heavy (non-hydrogen) atoms. The van der Waals surface area contributed by atoms with Crippen molar-refractivity contribution in [3.63, 3.8) is 0 Å². The van der Waals surface area contributed by atoms with E-state index in [2.05, 4.69) is 0 Å². The fourth-order valence-electron chi connectivity index (χ4n) is 3.61. The molecule has 1 amide bonds. The number of halogens is 1. The van der Waals surface area contributed by atoms with Gasteiger partial charge in [0.2, 0.25) is 0 Å². The van der Waals surface area contributed by atoms with Crippen molar-refractivity contribution in [3.05, 3.63) is 71.0 Å². The minimum atomic E-state index is -0.815. The van der Waals surface area contributed by atoms with Crippen molar-refractivity contribution < 1.29 is 28.6 Å². The summed E-state index contributed by atoms with van der Waals surface area (Å²) < 4.78 is 24.2. The smallest absolute Gasteiger partial charge is 0.295 e. The summed E-state index contributed by atoms with van der Waals surface area (Å²) >= 11 is 0. The fourth-order valence-corrected chi connectivity index (χ4v) is 3.61. The standard InChI is InChI=1S/C25H28FNO5/c1-16(2)15-32-20-11-7-18(8-12-20)23(28)21-22(17-5-9-19(26)10-6-17)27(13-4-14-31-3)25(30)24(21)29/h5-12,16,22,28H,4,13-15H2,1-3H3/b23-21+. The summed E-state index contributed by atoms with van der Waals surface area (Å²) in [6.45, 7) is 5.32. The zero-order valence-corrected chi connectivity index (χ0v) is 18.5. The molecule has 2 aromatic carbocycles. The first kappa shape index (κ1) is 23.5. The first-order chi connectivity index (χ1) is 15.3. The molecule has 0 saturated carbocycles. The molecular formula is C25H28FNO5. The number of methoxy groups -OCH3 is 1. The number of Topliss-reactive ketones (excluding diaryl/α,β-unsaturated/α-hetero) is 1. The third kappa shape index (κ3) is 5.16. The summed E-state index contributed by atoms with van der Waals surface area (Å²) in [6, 6.07) is 11.5. The van der Waals surface area contributed by atoms with Gasteiger partial charge < -0.3 is 19.5 Å². The molecule has 1 atom stereocenters. The van der Waals surface area contributed by atoms with Crippen LogP contribution in [0.15, 0.2) is 54.1 Å². The maximum absolute atomic E-state index is 13.5. The van der Waals surface area contributed by atoms with Crippen molar-refractivity contribution in [3.8, 4) is 5.75 Å². The molecular weight excluding hydrogens is 413 g/mol. The first-order valence-electron chi connectivity index (χ1n) is 10.6. The second-order valence-electron chi connectivity index (χ2n) is 8.12. The van der Waals surface area contributed by atoms with Crippen LogP contribution in [0.1, 0.15) is 37.4 Å². The number of likely N-dealkylation sites (tertiary alicyclic amines) is 1. The Morgan fingerprint density at radius 2 is 1.75 bits per heavy atom. The number of hydrogen-bond acceptors (Lipinski definition) is 5. The molecule has 0 aliphatic carbocycles. The van der Waals surface area contributed by atoms with Crippen molar-refractivity contribution in [1.82, 2.24) is 4.90 Å². The van der Waals surface area contributed by atoms with Crippen LogP contribution in [0.2, 0.25) is 0 Å². The van der Waals surface area contributed by atoms with Gasteiger partial charge in [0, 0.05) is 25.8 Å². The Morgan fingerprint density at radius 3 is 2.34 bits per heavy atom. The lowest BCUT2D eigenvalue weighted by atomic mass is 9.95. The number of amides is 1. The van der Waals surface area contributed by atoms with Gasteiger partial charge in [0.05, 0.1) is 18.2 Å². The van der Waals surface area contributed by atoms with Gasteiger partial charge in [-0.05, 0) is 54.3 Å². The summed E-state index contributed by atoms with van der Waals surface area (Å²) in [5.41, 5.74) is 0.917. The molecule has 1 fully saturated rings. The minimum Gasteiger partial charge on any atom is -0.507 e. The molecule has 7 heteroatoms. The lowest BCUT2D eigenvalue weighted by molar-refractivity contribution is -0.140. The van der Waals surface area contributed by atoms with Gasteiger partial charge in [-0.15, -0.1) is 0 Å². The van der Waals surface area contributed by atoms with Crippen molar-refractivity contribution in [2.45, 2.75) is 26.3 Å². The van der Waals surface area contributed by atoms with E-state index in [4.69, 9.17) is 9.47 Å². The van der Waals surface area contributed by atoms with Crippen LogP contribution in [0.3, 0.4) is 0 Å². The Labute approximate surface area is 187 Å². The van der Waals surface area contributed by atoms with Gasteiger partial charge in [0.15, 0.2) is 0 Å². The van der Waals surface area contributed by atoms with Crippen LogP contribution in [0.5, 0.6) is 5.75 Å². The third-order valence-electron chi connectivity index (χ3n) is 5.18. The quantitative estimate of drug-likeness (QED) is 0.272. The number of benzene rings is 2. The number of ketones is 1. The van der Waals surface area contributed by atoms with Crippen LogP contribution in [0.4, 0.5) is 4.39 Å².